The van der Waals surface area contributed by atoms with Crippen LogP contribution in [0, 0.1) is 11.8 Å². The van der Waals surface area contributed by atoms with Gasteiger partial charge in [0.25, 0.3) is 0 Å². The lowest BCUT2D eigenvalue weighted by molar-refractivity contribution is -0.123. The Balaban J connectivity index is 2.14. The average Bonchev–Trinajstić information content (AvgIpc) is 2.59. The van der Waals surface area contributed by atoms with Crippen molar-refractivity contribution in [2.24, 2.45) is 11.8 Å². The topological polar surface area (TPSA) is 32.3 Å². The highest BCUT2D eigenvalue weighted by Gasteiger charge is 2.45. The highest BCUT2D eigenvalue weighted by molar-refractivity contribution is 5.82. The van der Waals surface area contributed by atoms with Crippen LogP contribution >= 0.6 is 0 Å². The van der Waals surface area contributed by atoms with Gasteiger partial charge in [-0.3, -0.25) is 10.2 Å². The Hall–Kier alpha value is -0.410. The van der Waals surface area contributed by atoms with Crippen molar-refractivity contribution in [2.45, 2.75) is 32.2 Å². The Labute approximate surface area is 79.5 Å². The van der Waals surface area contributed by atoms with Gasteiger partial charge in [0, 0.05) is 6.54 Å². The van der Waals surface area contributed by atoms with Gasteiger partial charge in [0.05, 0.1) is 6.04 Å². The van der Waals surface area contributed by atoms with E-state index >= 15 is 0 Å². The third-order valence-electron chi connectivity index (χ3n) is 3.59. The quantitative estimate of drug-likeness (QED) is 0.686. The van der Waals surface area contributed by atoms with Crippen LogP contribution in [0.5, 0.6) is 0 Å². The number of hydrogen-bond donors (Lipinski definition) is 1. The second-order valence-electron chi connectivity index (χ2n) is 4.29. The molecule has 0 aromatic heterocycles. The molecular weight excluding hydrogens is 164 g/mol. The monoisotopic (exact) mass is 182 g/mol. The number of hydrazine groups is 1. The van der Waals surface area contributed by atoms with E-state index < -0.39 is 0 Å². The Morgan fingerprint density at radius 3 is 2.85 bits per heavy atom. The molecule has 74 valence electrons. The summed E-state index contributed by atoms with van der Waals surface area (Å²) in [6, 6.07) is 0.150. The number of carbonyl (C=O) groups excluding carboxylic acids is 1. The molecule has 1 saturated carbocycles. The van der Waals surface area contributed by atoms with Crippen molar-refractivity contribution in [1.82, 2.24) is 10.4 Å². The molecule has 0 aromatic rings. The summed E-state index contributed by atoms with van der Waals surface area (Å²) in [4.78, 5) is 11.5. The molecule has 3 atom stereocenters. The van der Waals surface area contributed by atoms with Crippen LogP contribution in [0.25, 0.3) is 0 Å². The summed E-state index contributed by atoms with van der Waals surface area (Å²) >= 11 is 0. The molecule has 0 bridgehead atoms. The zero-order chi connectivity index (χ0) is 9.42. The lowest BCUT2D eigenvalue weighted by Crippen LogP contribution is -2.45. The van der Waals surface area contributed by atoms with E-state index in [0.717, 1.165) is 12.5 Å². The predicted molar refractivity (Wildman–Crippen MR) is 51.1 cm³/mol. The standard InChI is InChI=1S/C10H18N2O/c1-7(13)10-9-5-3-4-8(9)6-12(10)11-2/h8-11H,3-6H2,1-2H3/t8-,9-,10?/m0/s1. The maximum Gasteiger partial charge on any atom is 0.148 e. The molecule has 1 N–H and O–H groups in total. The Kier molecular flexibility index (Phi) is 2.39. The summed E-state index contributed by atoms with van der Waals surface area (Å²) in [6.45, 7) is 2.78. The molecule has 1 aliphatic heterocycles. The van der Waals surface area contributed by atoms with Crippen molar-refractivity contribution < 1.29 is 4.79 Å². The predicted octanol–water partition coefficient (Wildman–Crippen LogP) is 0.810. The molecule has 3 nitrogen and oxygen atoms in total. The van der Waals surface area contributed by atoms with Gasteiger partial charge in [0.2, 0.25) is 0 Å². The van der Waals surface area contributed by atoms with Gasteiger partial charge in [0.1, 0.15) is 5.78 Å². The maximum atomic E-state index is 11.5. The first kappa shape index (κ1) is 9.16. The van der Waals surface area contributed by atoms with Crippen molar-refractivity contribution in [1.29, 1.82) is 0 Å². The van der Waals surface area contributed by atoms with Crippen LogP contribution in [0.3, 0.4) is 0 Å². The number of nitrogens with zero attached hydrogens (tertiary/aromatic N) is 1. The van der Waals surface area contributed by atoms with Crippen LogP contribution in [0.15, 0.2) is 0 Å². The van der Waals surface area contributed by atoms with Crippen LogP contribution in [0.4, 0.5) is 0 Å². The zero-order valence-corrected chi connectivity index (χ0v) is 8.42. The highest BCUT2D eigenvalue weighted by atomic mass is 16.1. The molecule has 1 saturated heterocycles. The van der Waals surface area contributed by atoms with Gasteiger partial charge in [-0.2, -0.15) is 0 Å². The number of rotatable bonds is 2. The summed E-state index contributed by atoms with van der Waals surface area (Å²) in [5.74, 6) is 1.72. The first-order chi connectivity index (χ1) is 6.24. The number of fused-ring (bicyclic) bond motifs is 1. The van der Waals surface area contributed by atoms with Crippen molar-refractivity contribution in [2.75, 3.05) is 13.6 Å². The first-order valence-electron chi connectivity index (χ1n) is 5.18. The fourth-order valence-electron chi connectivity index (χ4n) is 3.06. The second kappa shape index (κ2) is 3.39. The first-order valence-corrected chi connectivity index (χ1v) is 5.18. The van der Waals surface area contributed by atoms with Crippen LogP contribution in [-0.2, 0) is 4.79 Å². The SMILES string of the molecule is CNN1C[C@@H]2CCC[C@@H]2C1C(C)=O. The number of hydrogen-bond acceptors (Lipinski definition) is 3. The van der Waals surface area contributed by atoms with Crippen LogP contribution in [0.1, 0.15) is 26.2 Å². The van der Waals surface area contributed by atoms with Gasteiger partial charge in [-0.1, -0.05) is 6.42 Å². The van der Waals surface area contributed by atoms with E-state index in [2.05, 4.69) is 10.4 Å². The van der Waals surface area contributed by atoms with Crippen molar-refractivity contribution >= 4 is 5.78 Å². The molecule has 0 radical (unpaired) electrons. The van der Waals surface area contributed by atoms with Crippen LogP contribution in [0.2, 0.25) is 0 Å². The van der Waals surface area contributed by atoms with Gasteiger partial charge in [-0.25, -0.2) is 5.01 Å². The molecule has 13 heavy (non-hydrogen) atoms. The summed E-state index contributed by atoms with van der Waals surface area (Å²) in [7, 11) is 1.91. The fraction of sp³-hybridized carbons (Fsp3) is 0.900. The zero-order valence-electron chi connectivity index (χ0n) is 8.42. The van der Waals surface area contributed by atoms with Crippen molar-refractivity contribution in [3.05, 3.63) is 0 Å². The molecule has 3 heteroatoms. The highest BCUT2D eigenvalue weighted by Crippen LogP contribution is 2.41. The van der Waals surface area contributed by atoms with Gasteiger partial charge in [0.15, 0.2) is 0 Å². The maximum absolute atomic E-state index is 11.5. The number of carbonyl (C=O) groups is 1. The smallest absolute Gasteiger partial charge is 0.148 e. The minimum absolute atomic E-state index is 0.150. The average molecular weight is 182 g/mol. The van der Waals surface area contributed by atoms with Crippen LogP contribution < -0.4 is 5.43 Å². The van der Waals surface area contributed by atoms with Gasteiger partial charge in [-0.05, 0) is 38.6 Å². The van der Waals surface area contributed by atoms with Crippen molar-refractivity contribution in [3.63, 3.8) is 0 Å². The Bertz CT molecular complexity index is 217. The molecule has 2 rings (SSSR count). The Morgan fingerprint density at radius 1 is 1.46 bits per heavy atom. The molecule has 1 unspecified atom stereocenters. The molecule has 0 amide bonds. The summed E-state index contributed by atoms with van der Waals surface area (Å²) in [5.41, 5.74) is 3.14. The van der Waals surface area contributed by atoms with Crippen LogP contribution in [-0.4, -0.2) is 30.4 Å². The molecular formula is C10H18N2O. The number of ketones is 1. The van der Waals surface area contributed by atoms with Gasteiger partial charge < -0.3 is 0 Å². The molecule has 2 aliphatic rings. The Morgan fingerprint density at radius 2 is 2.23 bits per heavy atom. The van der Waals surface area contributed by atoms with E-state index in [9.17, 15) is 4.79 Å². The van der Waals surface area contributed by atoms with E-state index in [4.69, 9.17) is 0 Å². The molecule has 2 fully saturated rings. The van der Waals surface area contributed by atoms with E-state index in [-0.39, 0.29) is 6.04 Å². The lowest BCUT2D eigenvalue weighted by atomic mass is 9.92. The van der Waals surface area contributed by atoms with E-state index in [1.165, 1.54) is 19.3 Å². The molecule has 0 spiro atoms. The van der Waals surface area contributed by atoms with E-state index in [1.807, 2.05) is 7.05 Å². The third-order valence-corrected chi connectivity index (χ3v) is 3.59. The summed E-state index contributed by atoms with van der Waals surface area (Å²) in [5, 5.41) is 2.12. The summed E-state index contributed by atoms with van der Waals surface area (Å²) < 4.78 is 0. The normalized spacial score (nSPS) is 39.4. The second-order valence-corrected chi connectivity index (χ2v) is 4.29. The molecule has 1 heterocycles. The van der Waals surface area contributed by atoms with Gasteiger partial charge >= 0.3 is 0 Å². The largest absolute Gasteiger partial charge is 0.298 e. The van der Waals surface area contributed by atoms with Crippen molar-refractivity contribution in [3.8, 4) is 0 Å². The third kappa shape index (κ3) is 1.40. The minimum atomic E-state index is 0.150. The number of Topliss-reactive ketones (excluding diaryl/α,β-unsaturated/α-hetero) is 1. The molecule has 1 aliphatic carbocycles. The minimum Gasteiger partial charge on any atom is -0.298 e. The lowest BCUT2D eigenvalue weighted by Gasteiger charge is -2.24. The van der Waals surface area contributed by atoms with E-state index in [0.29, 0.717) is 11.7 Å². The van der Waals surface area contributed by atoms with Gasteiger partial charge in [-0.15, -0.1) is 0 Å². The summed E-state index contributed by atoms with van der Waals surface area (Å²) in [6.07, 6.45) is 3.87. The molecule has 0 aromatic carbocycles. The van der Waals surface area contributed by atoms with E-state index in [1.54, 1.807) is 6.92 Å². The number of nitrogens with one attached hydrogen (secondary N) is 1. The fourth-order valence-corrected chi connectivity index (χ4v) is 3.06.